The number of carbonyl (C=O) groups excluding carboxylic acids is 1. The molecule has 0 atom stereocenters. The lowest BCUT2D eigenvalue weighted by atomic mass is 10.1. The highest BCUT2D eigenvalue weighted by atomic mass is 16.5. The first-order chi connectivity index (χ1) is 9.83. The number of aryl methyl sites for hydroxylation is 1. The number of hydrogen-bond donors (Lipinski definition) is 0. The molecule has 3 rings (SSSR count). The predicted octanol–water partition coefficient (Wildman–Crippen LogP) is 2.96. The van der Waals surface area contributed by atoms with Crippen molar-refractivity contribution in [1.29, 1.82) is 0 Å². The lowest BCUT2D eigenvalue weighted by molar-refractivity contribution is 0.0981. The Balaban J connectivity index is 1.75. The molecule has 0 unspecified atom stereocenters. The minimum atomic E-state index is 0.160. The van der Waals surface area contributed by atoms with Gasteiger partial charge in [0.1, 0.15) is 12.4 Å². The number of ketones is 1. The van der Waals surface area contributed by atoms with Crippen LogP contribution in [0.2, 0.25) is 0 Å². The summed E-state index contributed by atoms with van der Waals surface area (Å²) in [6, 6.07) is 9.58. The summed E-state index contributed by atoms with van der Waals surface area (Å²) >= 11 is 0. The van der Waals surface area contributed by atoms with E-state index in [4.69, 9.17) is 4.74 Å². The fraction of sp³-hybridized carbons (Fsp3) is 0.312. The third-order valence-corrected chi connectivity index (χ3v) is 3.40. The van der Waals surface area contributed by atoms with Gasteiger partial charge in [0, 0.05) is 12.6 Å². The van der Waals surface area contributed by atoms with Gasteiger partial charge in [-0.3, -0.25) is 4.79 Å². The number of para-hydroxylation sites is 1. The highest BCUT2D eigenvalue weighted by Gasteiger charge is 2.17. The molecule has 0 saturated carbocycles. The lowest BCUT2D eigenvalue weighted by Gasteiger charge is -2.08. The number of fused-ring (bicyclic) bond motifs is 1. The summed E-state index contributed by atoms with van der Waals surface area (Å²) in [6.45, 7) is 0.325. The van der Waals surface area contributed by atoms with Gasteiger partial charge in [-0.25, -0.2) is 9.97 Å². The third kappa shape index (κ3) is 2.85. The third-order valence-electron chi connectivity index (χ3n) is 3.40. The highest BCUT2D eigenvalue weighted by molar-refractivity contribution is 5.97. The van der Waals surface area contributed by atoms with Crippen LogP contribution in [0, 0.1) is 0 Å². The summed E-state index contributed by atoms with van der Waals surface area (Å²) in [6.07, 6.45) is 5.05. The van der Waals surface area contributed by atoms with Gasteiger partial charge in [0.2, 0.25) is 0 Å². The minimum absolute atomic E-state index is 0.160. The van der Waals surface area contributed by atoms with Gasteiger partial charge in [0.15, 0.2) is 11.6 Å². The van der Waals surface area contributed by atoms with Gasteiger partial charge in [0.25, 0.3) is 0 Å². The molecule has 0 amide bonds. The summed E-state index contributed by atoms with van der Waals surface area (Å²) in [7, 11) is 0. The Morgan fingerprint density at radius 1 is 1.10 bits per heavy atom. The molecule has 4 nitrogen and oxygen atoms in total. The predicted molar refractivity (Wildman–Crippen MR) is 74.7 cm³/mol. The van der Waals surface area contributed by atoms with Gasteiger partial charge in [-0.1, -0.05) is 18.2 Å². The van der Waals surface area contributed by atoms with Crippen LogP contribution in [-0.4, -0.2) is 15.8 Å². The molecule has 1 heterocycles. The number of aromatic nitrogens is 2. The molecule has 102 valence electrons. The van der Waals surface area contributed by atoms with Crippen molar-refractivity contribution in [1.82, 2.24) is 9.97 Å². The van der Waals surface area contributed by atoms with Gasteiger partial charge in [0.05, 0.1) is 11.3 Å². The molecule has 0 bridgehead atoms. The van der Waals surface area contributed by atoms with Crippen molar-refractivity contribution in [2.75, 3.05) is 0 Å². The molecule has 2 aromatic rings. The monoisotopic (exact) mass is 268 g/mol. The number of hydrogen-bond acceptors (Lipinski definition) is 4. The standard InChI is InChI=1S/C16H16N2O2/c19-15-9-5-4-8-14-13(15)10-17-16(18-14)11-20-12-6-2-1-3-7-12/h1-3,6-7,10H,4-5,8-9,11H2. The Morgan fingerprint density at radius 3 is 2.75 bits per heavy atom. The van der Waals surface area contributed by atoms with Crippen molar-refractivity contribution < 1.29 is 9.53 Å². The Kier molecular flexibility index (Phi) is 3.72. The lowest BCUT2D eigenvalue weighted by Crippen LogP contribution is -2.09. The fourth-order valence-corrected chi connectivity index (χ4v) is 2.33. The van der Waals surface area contributed by atoms with Gasteiger partial charge in [-0.2, -0.15) is 0 Å². The van der Waals surface area contributed by atoms with E-state index in [1.807, 2.05) is 30.3 Å². The molecule has 0 spiro atoms. The Hall–Kier alpha value is -2.23. The molecule has 0 aliphatic heterocycles. The molecular formula is C16H16N2O2. The second-order valence-corrected chi connectivity index (χ2v) is 4.88. The van der Waals surface area contributed by atoms with E-state index in [2.05, 4.69) is 9.97 Å². The first-order valence-electron chi connectivity index (χ1n) is 6.89. The largest absolute Gasteiger partial charge is 0.486 e. The summed E-state index contributed by atoms with van der Waals surface area (Å²) < 4.78 is 5.63. The van der Waals surface area contributed by atoms with Crippen molar-refractivity contribution in [2.24, 2.45) is 0 Å². The second-order valence-electron chi connectivity index (χ2n) is 4.88. The van der Waals surface area contributed by atoms with Crippen LogP contribution in [0.1, 0.15) is 41.1 Å². The van der Waals surface area contributed by atoms with Crippen LogP contribution in [-0.2, 0) is 13.0 Å². The molecule has 0 N–H and O–H groups in total. The average molecular weight is 268 g/mol. The molecule has 20 heavy (non-hydrogen) atoms. The van der Waals surface area contributed by atoms with Crippen LogP contribution in [0.25, 0.3) is 0 Å². The number of benzene rings is 1. The van der Waals surface area contributed by atoms with Crippen LogP contribution in [0.4, 0.5) is 0 Å². The Bertz CT molecular complexity index is 611. The average Bonchev–Trinajstić information content (AvgIpc) is 2.68. The van der Waals surface area contributed by atoms with Crippen LogP contribution in [0.15, 0.2) is 36.5 Å². The van der Waals surface area contributed by atoms with Crippen LogP contribution < -0.4 is 4.74 Å². The molecule has 0 radical (unpaired) electrons. The number of Topliss-reactive ketones (excluding diaryl/α,β-unsaturated/α-hetero) is 1. The molecule has 1 aromatic heterocycles. The van der Waals surface area contributed by atoms with E-state index in [1.54, 1.807) is 6.20 Å². The fourth-order valence-electron chi connectivity index (χ4n) is 2.33. The maximum absolute atomic E-state index is 11.9. The zero-order valence-corrected chi connectivity index (χ0v) is 11.2. The molecule has 1 aliphatic carbocycles. The van der Waals surface area contributed by atoms with Crippen molar-refractivity contribution in [2.45, 2.75) is 32.3 Å². The molecule has 0 saturated heterocycles. The van der Waals surface area contributed by atoms with Gasteiger partial charge >= 0.3 is 0 Å². The second kappa shape index (κ2) is 5.82. The molecule has 0 fully saturated rings. The summed E-state index contributed by atoms with van der Waals surface area (Å²) in [5.74, 6) is 1.58. The van der Waals surface area contributed by atoms with Crippen LogP contribution in [0.3, 0.4) is 0 Å². The molecule has 4 heteroatoms. The number of carbonyl (C=O) groups is 1. The smallest absolute Gasteiger partial charge is 0.166 e. The first kappa shape index (κ1) is 12.8. The quantitative estimate of drug-likeness (QED) is 0.803. The van der Waals surface area contributed by atoms with E-state index in [0.717, 1.165) is 30.7 Å². The minimum Gasteiger partial charge on any atom is -0.486 e. The topological polar surface area (TPSA) is 52.1 Å². The van der Waals surface area contributed by atoms with Crippen molar-refractivity contribution in [3.8, 4) is 5.75 Å². The van der Waals surface area contributed by atoms with E-state index in [0.29, 0.717) is 24.4 Å². The number of ether oxygens (including phenoxy) is 1. The van der Waals surface area contributed by atoms with Crippen molar-refractivity contribution in [3.05, 3.63) is 53.6 Å². The Labute approximate surface area is 117 Å². The van der Waals surface area contributed by atoms with Crippen molar-refractivity contribution in [3.63, 3.8) is 0 Å². The molecule has 1 aliphatic rings. The number of nitrogens with zero attached hydrogens (tertiary/aromatic N) is 2. The highest BCUT2D eigenvalue weighted by Crippen LogP contribution is 2.18. The summed E-state index contributed by atoms with van der Waals surface area (Å²) in [4.78, 5) is 20.6. The van der Waals surface area contributed by atoms with E-state index in [9.17, 15) is 4.79 Å². The van der Waals surface area contributed by atoms with E-state index in [-0.39, 0.29) is 5.78 Å². The van der Waals surface area contributed by atoms with E-state index in [1.165, 1.54) is 0 Å². The van der Waals surface area contributed by atoms with Gasteiger partial charge in [-0.05, 0) is 31.4 Å². The maximum atomic E-state index is 11.9. The first-order valence-corrected chi connectivity index (χ1v) is 6.89. The maximum Gasteiger partial charge on any atom is 0.166 e. The van der Waals surface area contributed by atoms with E-state index >= 15 is 0 Å². The summed E-state index contributed by atoms with van der Waals surface area (Å²) in [5, 5.41) is 0. The van der Waals surface area contributed by atoms with E-state index < -0.39 is 0 Å². The number of rotatable bonds is 3. The van der Waals surface area contributed by atoms with Crippen molar-refractivity contribution >= 4 is 5.78 Å². The van der Waals surface area contributed by atoms with Gasteiger partial charge < -0.3 is 4.74 Å². The molecule has 1 aromatic carbocycles. The Morgan fingerprint density at radius 2 is 1.90 bits per heavy atom. The zero-order valence-electron chi connectivity index (χ0n) is 11.2. The SMILES string of the molecule is O=C1CCCCc2nc(COc3ccccc3)ncc21. The summed E-state index contributed by atoms with van der Waals surface area (Å²) in [5.41, 5.74) is 1.56. The molecular weight excluding hydrogens is 252 g/mol. The zero-order chi connectivity index (χ0) is 13.8. The van der Waals surface area contributed by atoms with Crippen LogP contribution in [0.5, 0.6) is 5.75 Å². The van der Waals surface area contributed by atoms with Gasteiger partial charge in [-0.15, -0.1) is 0 Å². The normalized spacial score (nSPS) is 14.5. The van der Waals surface area contributed by atoms with Crippen LogP contribution >= 0.6 is 0 Å².